The van der Waals surface area contributed by atoms with Crippen LogP contribution in [0.15, 0.2) is 18.2 Å². The van der Waals surface area contributed by atoms with Crippen LogP contribution in [0.3, 0.4) is 0 Å². The minimum absolute atomic E-state index is 0.885. The van der Waals surface area contributed by atoms with Gasteiger partial charge in [0, 0.05) is 5.69 Å². The van der Waals surface area contributed by atoms with Gasteiger partial charge in [-0.2, -0.15) is 5.10 Å². The summed E-state index contributed by atoms with van der Waals surface area (Å²) >= 11 is 0. The largest absolute Gasteiger partial charge is 0.266 e. The predicted octanol–water partition coefficient (Wildman–Crippen LogP) is 2.08. The first-order chi connectivity index (χ1) is 5.24. The van der Waals surface area contributed by atoms with Gasteiger partial charge >= 0.3 is 0 Å². The Bertz CT molecular complexity index is 259. The third kappa shape index (κ3) is 1.93. The fraction of sp³-hybridized carbons (Fsp3) is 0.444. The van der Waals surface area contributed by atoms with Gasteiger partial charge in [-0.25, -0.2) is 0 Å². The van der Waals surface area contributed by atoms with E-state index in [1.807, 2.05) is 24.6 Å². The van der Waals surface area contributed by atoms with E-state index in [4.69, 9.17) is 0 Å². The van der Waals surface area contributed by atoms with Crippen LogP contribution >= 0.6 is 0 Å². The molecule has 0 aliphatic rings. The van der Waals surface area contributed by atoms with Gasteiger partial charge in [0.05, 0.1) is 12.2 Å². The third-order valence-electron chi connectivity index (χ3n) is 1.62. The monoisotopic (exact) mass is 150 g/mol. The number of allylic oxidation sites excluding steroid dienone is 2. The smallest absolute Gasteiger partial charge is 0.0596 e. The molecule has 0 atom stereocenters. The fourth-order valence-electron chi connectivity index (χ4n) is 1.07. The van der Waals surface area contributed by atoms with Crippen LogP contribution in [0.4, 0.5) is 0 Å². The Labute approximate surface area is 67.5 Å². The minimum atomic E-state index is 0.885. The summed E-state index contributed by atoms with van der Waals surface area (Å²) in [6.45, 7) is 6.99. The summed E-state index contributed by atoms with van der Waals surface area (Å²) in [5.41, 5.74) is 2.31. The zero-order valence-corrected chi connectivity index (χ0v) is 7.33. The molecule has 0 unspecified atom stereocenters. The molecule has 0 saturated heterocycles. The van der Waals surface area contributed by atoms with Crippen molar-refractivity contribution in [2.45, 2.75) is 27.3 Å². The normalized spacial score (nSPS) is 11.2. The Morgan fingerprint density at radius 1 is 1.55 bits per heavy atom. The highest BCUT2D eigenvalue weighted by atomic mass is 15.3. The average Bonchev–Trinajstić information content (AvgIpc) is 2.26. The van der Waals surface area contributed by atoms with Crippen LogP contribution in [0.1, 0.15) is 18.3 Å². The molecule has 0 saturated carbocycles. The molecule has 0 amide bonds. The molecule has 1 aromatic rings. The molecular weight excluding hydrogens is 136 g/mol. The summed E-state index contributed by atoms with van der Waals surface area (Å²) in [6, 6.07) is 2.09. The van der Waals surface area contributed by atoms with E-state index in [0.29, 0.717) is 0 Å². The number of hydrogen-bond donors (Lipinski definition) is 0. The molecule has 0 bridgehead atoms. The Hall–Kier alpha value is -1.05. The molecule has 0 aliphatic carbocycles. The van der Waals surface area contributed by atoms with E-state index in [2.05, 4.69) is 24.2 Å². The highest BCUT2D eigenvalue weighted by molar-refractivity contribution is 5.07. The molecular formula is C9H14N2. The second kappa shape index (κ2) is 3.37. The second-order valence-corrected chi connectivity index (χ2v) is 2.68. The second-order valence-electron chi connectivity index (χ2n) is 2.68. The van der Waals surface area contributed by atoms with Gasteiger partial charge in [-0.05, 0) is 26.8 Å². The van der Waals surface area contributed by atoms with E-state index in [-0.39, 0.29) is 0 Å². The lowest BCUT2D eigenvalue weighted by atomic mass is 10.4. The van der Waals surface area contributed by atoms with Crippen LogP contribution in [0.5, 0.6) is 0 Å². The van der Waals surface area contributed by atoms with Gasteiger partial charge in [-0.3, -0.25) is 4.68 Å². The zero-order valence-electron chi connectivity index (χ0n) is 7.33. The summed E-state index contributed by atoms with van der Waals surface area (Å²) in [7, 11) is 0. The Kier molecular flexibility index (Phi) is 2.47. The summed E-state index contributed by atoms with van der Waals surface area (Å²) in [5, 5.41) is 4.31. The fourth-order valence-corrected chi connectivity index (χ4v) is 1.07. The molecule has 1 aromatic heterocycles. The van der Waals surface area contributed by atoms with Crippen LogP contribution < -0.4 is 0 Å². The van der Waals surface area contributed by atoms with Crippen LogP contribution in [-0.2, 0) is 6.54 Å². The maximum absolute atomic E-state index is 4.31. The molecule has 2 nitrogen and oxygen atoms in total. The summed E-state index contributed by atoms with van der Waals surface area (Å²) < 4.78 is 2.00. The number of rotatable bonds is 2. The third-order valence-corrected chi connectivity index (χ3v) is 1.62. The standard InChI is InChI=1S/C9H14N2/c1-4-5-6-11-9(3)7-8(2)10-11/h4-5,7H,6H2,1-3H3. The van der Waals surface area contributed by atoms with Gasteiger partial charge in [0.15, 0.2) is 0 Å². The van der Waals surface area contributed by atoms with Crippen molar-refractivity contribution in [1.29, 1.82) is 0 Å². The first-order valence-corrected chi connectivity index (χ1v) is 3.86. The van der Waals surface area contributed by atoms with E-state index >= 15 is 0 Å². The highest BCUT2D eigenvalue weighted by Crippen LogP contribution is 2.00. The number of nitrogens with zero attached hydrogens (tertiary/aromatic N) is 2. The van der Waals surface area contributed by atoms with Crippen molar-refractivity contribution in [3.63, 3.8) is 0 Å². The predicted molar refractivity (Wildman–Crippen MR) is 46.5 cm³/mol. The molecule has 0 N–H and O–H groups in total. The Balaban J connectivity index is 2.77. The molecule has 1 heterocycles. The Morgan fingerprint density at radius 3 is 2.73 bits per heavy atom. The summed E-state index contributed by atoms with van der Waals surface area (Å²) in [5.74, 6) is 0. The average molecular weight is 150 g/mol. The van der Waals surface area contributed by atoms with Gasteiger partial charge < -0.3 is 0 Å². The molecule has 0 spiro atoms. The van der Waals surface area contributed by atoms with Crippen LogP contribution in [0.2, 0.25) is 0 Å². The highest BCUT2D eigenvalue weighted by Gasteiger charge is 1.96. The van der Waals surface area contributed by atoms with Gasteiger partial charge in [0.2, 0.25) is 0 Å². The molecule has 0 fully saturated rings. The molecule has 60 valence electrons. The zero-order chi connectivity index (χ0) is 8.27. The van der Waals surface area contributed by atoms with Crippen molar-refractivity contribution >= 4 is 0 Å². The van der Waals surface area contributed by atoms with Gasteiger partial charge in [-0.1, -0.05) is 12.2 Å². The van der Waals surface area contributed by atoms with E-state index in [0.717, 1.165) is 12.2 Å². The van der Waals surface area contributed by atoms with Crippen LogP contribution in [-0.4, -0.2) is 9.78 Å². The molecule has 2 heteroatoms. The van der Waals surface area contributed by atoms with Crippen molar-refractivity contribution in [2.75, 3.05) is 0 Å². The first kappa shape index (κ1) is 8.05. The Morgan fingerprint density at radius 2 is 2.27 bits per heavy atom. The topological polar surface area (TPSA) is 17.8 Å². The molecule has 0 radical (unpaired) electrons. The maximum Gasteiger partial charge on any atom is 0.0596 e. The van der Waals surface area contributed by atoms with Gasteiger partial charge in [-0.15, -0.1) is 0 Å². The number of hydrogen-bond acceptors (Lipinski definition) is 1. The summed E-state index contributed by atoms with van der Waals surface area (Å²) in [4.78, 5) is 0. The molecule has 0 aromatic carbocycles. The SMILES string of the molecule is CC=CCn1nc(C)cc1C. The van der Waals surface area contributed by atoms with E-state index in [1.165, 1.54) is 5.69 Å². The number of aromatic nitrogens is 2. The summed E-state index contributed by atoms with van der Waals surface area (Å²) in [6.07, 6.45) is 4.13. The molecule has 1 rings (SSSR count). The van der Waals surface area contributed by atoms with Crippen LogP contribution in [0.25, 0.3) is 0 Å². The van der Waals surface area contributed by atoms with Gasteiger partial charge in [0.1, 0.15) is 0 Å². The quantitative estimate of drug-likeness (QED) is 0.590. The van der Waals surface area contributed by atoms with Crippen molar-refractivity contribution in [1.82, 2.24) is 9.78 Å². The first-order valence-electron chi connectivity index (χ1n) is 3.86. The van der Waals surface area contributed by atoms with Crippen molar-refractivity contribution in [2.24, 2.45) is 0 Å². The lowest BCUT2D eigenvalue weighted by Crippen LogP contribution is -1.99. The van der Waals surface area contributed by atoms with Gasteiger partial charge in [0.25, 0.3) is 0 Å². The lowest BCUT2D eigenvalue weighted by molar-refractivity contribution is 0.672. The van der Waals surface area contributed by atoms with Crippen molar-refractivity contribution in [3.8, 4) is 0 Å². The molecule has 11 heavy (non-hydrogen) atoms. The van der Waals surface area contributed by atoms with E-state index < -0.39 is 0 Å². The maximum atomic E-state index is 4.31. The number of aryl methyl sites for hydroxylation is 2. The minimum Gasteiger partial charge on any atom is -0.266 e. The molecule has 0 aliphatic heterocycles. The van der Waals surface area contributed by atoms with E-state index in [1.54, 1.807) is 0 Å². The van der Waals surface area contributed by atoms with Crippen LogP contribution in [0, 0.1) is 13.8 Å². The lowest BCUT2D eigenvalue weighted by Gasteiger charge is -1.97. The van der Waals surface area contributed by atoms with E-state index in [9.17, 15) is 0 Å². The van der Waals surface area contributed by atoms with Crippen molar-refractivity contribution in [3.05, 3.63) is 29.6 Å². The van der Waals surface area contributed by atoms with Crippen molar-refractivity contribution < 1.29 is 0 Å².